The van der Waals surface area contributed by atoms with Gasteiger partial charge >= 0.3 is 6.36 Å². The SMILES string of the molecule is O=Cc1cn(S(=O)(=O)c2cccnc2)c(-c2ccc(OC(F)(F)F)cc2F)c1C1CC1. The summed E-state index contributed by atoms with van der Waals surface area (Å²) in [4.78, 5) is 15.2. The molecular formula is C20H14F4N2O4S. The number of halogens is 4. The summed E-state index contributed by atoms with van der Waals surface area (Å²) in [5, 5.41) is 0. The van der Waals surface area contributed by atoms with Gasteiger partial charge in [0.2, 0.25) is 0 Å². The highest BCUT2D eigenvalue weighted by Crippen LogP contribution is 2.48. The number of alkyl halides is 3. The van der Waals surface area contributed by atoms with Gasteiger partial charge in [0.1, 0.15) is 16.5 Å². The molecule has 31 heavy (non-hydrogen) atoms. The van der Waals surface area contributed by atoms with Crippen molar-refractivity contribution in [2.45, 2.75) is 30.0 Å². The molecule has 1 aliphatic rings. The van der Waals surface area contributed by atoms with E-state index in [2.05, 4.69) is 9.72 Å². The van der Waals surface area contributed by atoms with Gasteiger partial charge in [-0.3, -0.25) is 9.78 Å². The zero-order chi connectivity index (χ0) is 22.4. The van der Waals surface area contributed by atoms with Crippen molar-refractivity contribution < 1.29 is 35.5 Å². The van der Waals surface area contributed by atoms with Gasteiger partial charge < -0.3 is 4.74 Å². The van der Waals surface area contributed by atoms with E-state index < -0.39 is 28.0 Å². The van der Waals surface area contributed by atoms with E-state index in [0.29, 0.717) is 30.8 Å². The first-order valence-corrected chi connectivity index (χ1v) is 10.5. The second-order valence-electron chi connectivity index (χ2n) is 6.92. The minimum Gasteiger partial charge on any atom is -0.406 e. The van der Waals surface area contributed by atoms with Crippen LogP contribution in [0.15, 0.2) is 53.8 Å². The number of carbonyl (C=O) groups excluding carboxylic acids is 1. The number of aldehydes is 1. The van der Waals surface area contributed by atoms with E-state index in [0.717, 1.165) is 28.5 Å². The Labute approximate surface area is 174 Å². The van der Waals surface area contributed by atoms with Crippen LogP contribution in [0.25, 0.3) is 11.3 Å². The van der Waals surface area contributed by atoms with Gasteiger partial charge in [0.25, 0.3) is 10.0 Å². The predicted octanol–water partition coefficient (Wildman–Crippen LogP) is 4.51. The van der Waals surface area contributed by atoms with Crippen LogP contribution >= 0.6 is 0 Å². The summed E-state index contributed by atoms with van der Waals surface area (Å²) < 4.78 is 83.2. The molecular weight excluding hydrogens is 440 g/mol. The molecule has 3 aromatic rings. The summed E-state index contributed by atoms with van der Waals surface area (Å²) in [6, 6.07) is 5.11. The van der Waals surface area contributed by atoms with Crippen molar-refractivity contribution in [1.82, 2.24) is 8.96 Å². The number of carbonyl (C=O) groups is 1. The minimum atomic E-state index is -5.01. The molecule has 2 heterocycles. The molecule has 1 saturated carbocycles. The molecule has 1 aliphatic carbocycles. The van der Waals surface area contributed by atoms with Crippen molar-refractivity contribution in [3.05, 3.63) is 65.9 Å². The van der Waals surface area contributed by atoms with Crippen molar-refractivity contribution in [3.8, 4) is 17.0 Å². The number of rotatable bonds is 6. The fourth-order valence-corrected chi connectivity index (χ4v) is 4.72. The molecule has 11 heteroatoms. The molecule has 0 saturated heterocycles. The second kappa shape index (κ2) is 7.49. The van der Waals surface area contributed by atoms with E-state index in [1.54, 1.807) is 0 Å². The monoisotopic (exact) mass is 454 g/mol. The first kappa shape index (κ1) is 21.0. The third-order valence-electron chi connectivity index (χ3n) is 4.78. The van der Waals surface area contributed by atoms with Gasteiger partial charge in [0.05, 0.1) is 5.69 Å². The lowest BCUT2D eigenvalue weighted by atomic mass is 10.0. The first-order valence-electron chi connectivity index (χ1n) is 9.03. The minimum absolute atomic E-state index is 0.0694. The molecule has 0 N–H and O–H groups in total. The summed E-state index contributed by atoms with van der Waals surface area (Å²) in [5.41, 5.74) is 0.0346. The molecule has 6 nitrogen and oxygen atoms in total. The molecule has 4 rings (SSSR count). The normalized spacial score (nSPS) is 14.5. The molecule has 2 aromatic heterocycles. The summed E-state index contributed by atoms with van der Waals surface area (Å²) in [5.74, 6) is -2.07. The molecule has 0 aliphatic heterocycles. The Kier molecular flexibility index (Phi) is 5.08. The smallest absolute Gasteiger partial charge is 0.406 e. The number of ether oxygens (including phenoxy) is 1. The standard InChI is InChI=1S/C20H14F4N2O4S/c21-17-8-14(30-20(22,23)24)5-6-16(17)19-18(12-3-4-12)13(11-27)10-26(19)31(28,29)15-2-1-7-25-9-15/h1-2,5-12H,3-4H2. The number of aromatic nitrogens is 2. The van der Waals surface area contributed by atoms with Crippen molar-refractivity contribution in [3.63, 3.8) is 0 Å². The largest absolute Gasteiger partial charge is 0.573 e. The van der Waals surface area contributed by atoms with Gasteiger partial charge in [0.15, 0.2) is 6.29 Å². The van der Waals surface area contributed by atoms with Crippen molar-refractivity contribution in [2.24, 2.45) is 0 Å². The molecule has 1 fully saturated rings. The zero-order valence-corrected chi connectivity index (χ0v) is 16.5. The number of nitrogens with zero attached hydrogens (tertiary/aromatic N) is 2. The van der Waals surface area contributed by atoms with Crippen LogP contribution in [0.1, 0.15) is 34.7 Å². The second-order valence-corrected chi connectivity index (χ2v) is 8.73. The van der Waals surface area contributed by atoms with Gasteiger partial charge in [-0.2, -0.15) is 0 Å². The summed E-state index contributed by atoms with van der Waals surface area (Å²) in [6.45, 7) is 0. The van der Waals surface area contributed by atoms with Gasteiger partial charge in [-0.05, 0) is 48.6 Å². The molecule has 0 spiro atoms. The molecule has 1 aromatic carbocycles. The molecule has 0 atom stereocenters. The average molecular weight is 454 g/mol. The highest BCUT2D eigenvalue weighted by atomic mass is 32.2. The van der Waals surface area contributed by atoms with E-state index in [1.807, 2.05) is 0 Å². The Morgan fingerprint density at radius 1 is 1.19 bits per heavy atom. The zero-order valence-electron chi connectivity index (χ0n) is 15.6. The molecule has 0 radical (unpaired) electrons. The molecule has 162 valence electrons. The number of benzene rings is 1. The van der Waals surface area contributed by atoms with Crippen LogP contribution in [-0.4, -0.2) is 30.0 Å². The van der Waals surface area contributed by atoms with E-state index in [9.17, 15) is 30.8 Å². The van der Waals surface area contributed by atoms with Gasteiger partial charge in [-0.25, -0.2) is 16.8 Å². The first-order chi connectivity index (χ1) is 14.6. The lowest BCUT2D eigenvalue weighted by molar-refractivity contribution is -0.274. The van der Waals surface area contributed by atoms with Crippen LogP contribution in [0.2, 0.25) is 0 Å². The number of hydrogen-bond acceptors (Lipinski definition) is 5. The topological polar surface area (TPSA) is 78.3 Å². The molecule has 0 amide bonds. The number of hydrogen-bond donors (Lipinski definition) is 0. The fourth-order valence-electron chi connectivity index (χ4n) is 3.36. The molecule has 0 unspecified atom stereocenters. The van der Waals surface area contributed by atoms with E-state index in [1.165, 1.54) is 18.3 Å². The Morgan fingerprint density at radius 2 is 1.94 bits per heavy atom. The van der Waals surface area contributed by atoms with Crippen LogP contribution in [0.5, 0.6) is 5.75 Å². The van der Waals surface area contributed by atoms with Crippen LogP contribution in [0, 0.1) is 5.82 Å². The summed E-state index contributed by atoms with van der Waals surface area (Å²) in [6.07, 6.45) is 0.378. The Hall–Kier alpha value is -3.21. The van der Waals surface area contributed by atoms with Gasteiger partial charge in [-0.1, -0.05) is 0 Å². The van der Waals surface area contributed by atoms with E-state index in [4.69, 9.17) is 0 Å². The third-order valence-corrected chi connectivity index (χ3v) is 6.42. The Balaban J connectivity index is 1.94. The van der Waals surface area contributed by atoms with Gasteiger partial charge in [0, 0.05) is 35.8 Å². The van der Waals surface area contributed by atoms with Crippen molar-refractivity contribution >= 4 is 16.3 Å². The maximum absolute atomic E-state index is 14.9. The van der Waals surface area contributed by atoms with E-state index in [-0.39, 0.29) is 27.6 Å². The van der Waals surface area contributed by atoms with Crippen LogP contribution < -0.4 is 4.74 Å². The Morgan fingerprint density at radius 3 is 2.48 bits per heavy atom. The molecule has 0 bridgehead atoms. The summed E-state index contributed by atoms with van der Waals surface area (Å²) in [7, 11) is -4.27. The van der Waals surface area contributed by atoms with Gasteiger partial charge in [-0.15, -0.1) is 13.2 Å². The number of pyridine rings is 1. The average Bonchev–Trinajstić information content (AvgIpc) is 3.47. The summed E-state index contributed by atoms with van der Waals surface area (Å²) >= 11 is 0. The van der Waals surface area contributed by atoms with Crippen LogP contribution in [0.4, 0.5) is 17.6 Å². The maximum Gasteiger partial charge on any atom is 0.573 e. The highest BCUT2D eigenvalue weighted by molar-refractivity contribution is 7.90. The maximum atomic E-state index is 14.9. The van der Waals surface area contributed by atoms with E-state index >= 15 is 0 Å². The fraction of sp³-hybridized carbons (Fsp3) is 0.200. The lowest BCUT2D eigenvalue weighted by Crippen LogP contribution is -2.17. The predicted molar refractivity (Wildman–Crippen MR) is 101 cm³/mol. The van der Waals surface area contributed by atoms with Crippen LogP contribution in [-0.2, 0) is 10.0 Å². The Bertz CT molecular complexity index is 1250. The lowest BCUT2D eigenvalue weighted by Gasteiger charge is -2.14. The third kappa shape index (κ3) is 4.05. The quantitative estimate of drug-likeness (QED) is 0.405. The highest BCUT2D eigenvalue weighted by Gasteiger charge is 2.36. The van der Waals surface area contributed by atoms with Crippen LogP contribution in [0.3, 0.4) is 0 Å². The van der Waals surface area contributed by atoms with Crippen molar-refractivity contribution in [2.75, 3.05) is 0 Å². The van der Waals surface area contributed by atoms with Crippen molar-refractivity contribution in [1.29, 1.82) is 0 Å².